The Morgan fingerprint density at radius 2 is 2.00 bits per heavy atom. The van der Waals surface area contributed by atoms with E-state index in [-0.39, 0.29) is 0 Å². The van der Waals surface area contributed by atoms with Crippen LogP contribution in [0.5, 0.6) is 5.75 Å². The van der Waals surface area contributed by atoms with Crippen LogP contribution in [0, 0.1) is 0 Å². The summed E-state index contributed by atoms with van der Waals surface area (Å²) in [5.74, 6) is 0.881. The zero-order valence-corrected chi connectivity index (χ0v) is 10.1. The predicted molar refractivity (Wildman–Crippen MR) is 66.9 cm³/mol. The maximum atomic E-state index is 5.58. The number of nitrogens with two attached hydrogens (primary N) is 1. The molecule has 0 aliphatic rings. The second kappa shape index (κ2) is 6.93. The summed E-state index contributed by atoms with van der Waals surface area (Å²) < 4.78 is 5.23. The zero-order chi connectivity index (χ0) is 11.8. The molecule has 0 bridgehead atoms. The van der Waals surface area contributed by atoms with E-state index in [1.54, 1.807) is 7.11 Å². The fraction of sp³-hybridized carbons (Fsp3) is 0.385. The van der Waals surface area contributed by atoms with Gasteiger partial charge in [0.15, 0.2) is 0 Å². The average molecular weight is 207 g/mol. The second-order valence-corrected chi connectivity index (χ2v) is 2.91. The van der Waals surface area contributed by atoms with Crippen molar-refractivity contribution >= 4 is 5.70 Å². The number of hydrogen-bond acceptors (Lipinski definition) is 2. The van der Waals surface area contributed by atoms with Gasteiger partial charge in [-0.3, -0.25) is 0 Å². The SMILES string of the molecule is C=C(N)c1ccc(CC)c(OC)c1.CC. The third-order valence-electron chi connectivity index (χ3n) is 2.04. The zero-order valence-electron chi connectivity index (χ0n) is 10.1. The average Bonchev–Trinajstić information content (AvgIpc) is 2.30. The molecular formula is C13H21NO. The minimum Gasteiger partial charge on any atom is -0.496 e. The van der Waals surface area contributed by atoms with Crippen LogP contribution in [0.2, 0.25) is 0 Å². The smallest absolute Gasteiger partial charge is 0.122 e. The molecule has 1 aromatic rings. The lowest BCUT2D eigenvalue weighted by molar-refractivity contribution is 0.410. The highest BCUT2D eigenvalue weighted by Crippen LogP contribution is 2.22. The molecule has 2 nitrogen and oxygen atoms in total. The number of benzene rings is 1. The minimum absolute atomic E-state index is 0.570. The van der Waals surface area contributed by atoms with Gasteiger partial charge in [-0.25, -0.2) is 0 Å². The Kier molecular flexibility index (Phi) is 6.27. The van der Waals surface area contributed by atoms with Crippen molar-refractivity contribution in [1.82, 2.24) is 0 Å². The lowest BCUT2D eigenvalue weighted by atomic mass is 10.1. The van der Waals surface area contributed by atoms with Crippen LogP contribution in [0.15, 0.2) is 24.8 Å². The monoisotopic (exact) mass is 207 g/mol. The molecule has 1 rings (SSSR count). The largest absolute Gasteiger partial charge is 0.496 e. The van der Waals surface area contributed by atoms with Crippen LogP contribution in [0.25, 0.3) is 5.70 Å². The van der Waals surface area contributed by atoms with E-state index in [0.717, 1.165) is 17.7 Å². The molecule has 2 N–H and O–H groups in total. The maximum Gasteiger partial charge on any atom is 0.122 e. The fourth-order valence-corrected chi connectivity index (χ4v) is 1.24. The molecule has 1 aromatic carbocycles. The van der Waals surface area contributed by atoms with Gasteiger partial charge in [-0.1, -0.05) is 39.5 Å². The Balaban J connectivity index is 0.000000921. The van der Waals surface area contributed by atoms with Gasteiger partial charge in [0.2, 0.25) is 0 Å². The minimum atomic E-state index is 0.570. The van der Waals surface area contributed by atoms with E-state index in [9.17, 15) is 0 Å². The van der Waals surface area contributed by atoms with Crippen LogP contribution < -0.4 is 10.5 Å². The molecule has 0 radical (unpaired) electrons. The van der Waals surface area contributed by atoms with E-state index in [2.05, 4.69) is 13.5 Å². The van der Waals surface area contributed by atoms with E-state index in [1.807, 2.05) is 32.0 Å². The van der Waals surface area contributed by atoms with Gasteiger partial charge in [0.05, 0.1) is 7.11 Å². The molecule has 0 saturated heterocycles. The van der Waals surface area contributed by atoms with Crippen molar-refractivity contribution in [2.45, 2.75) is 27.2 Å². The number of hydrogen-bond donors (Lipinski definition) is 1. The third-order valence-corrected chi connectivity index (χ3v) is 2.04. The number of rotatable bonds is 3. The van der Waals surface area contributed by atoms with Crippen molar-refractivity contribution in [3.63, 3.8) is 0 Å². The van der Waals surface area contributed by atoms with Crippen LogP contribution >= 0.6 is 0 Å². The molecule has 0 aliphatic heterocycles. The molecular weight excluding hydrogens is 186 g/mol. The van der Waals surface area contributed by atoms with Gasteiger partial charge in [0, 0.05) is 11.3 Å². The number of methoxy groups -OCH3 is 1. The summed E-state index contributed by atoms with van der Waals surface area (Å²) in [7, 11) is 1.66. The molecule has 0 aromatic heterocycles. The molecule has 0 aliphatic carbocycles. The van der Waals surface area contributed by atoms with Crippen LogP contribution in [-0.4, -0.2) is 7.11 Å². The van der Waals surface area contributed by atoms with Gasteiger partial charge in [-0.2, -0.15) is 0 Å². The van der Waals surface area contributed by atoms with Crippen molar-refractivity contribution in [3.05, 3.63) is 35.9 Å². The van der Waals surface area contributed by atoms with Gasteiger partial charge in [-0.15, -0.1) is 0 Å². The first-order valence-electron chi connectivity index (χ1n) is 5.30. The first-order chi connectivity index (χ1) is 7.19. The summed E-state index contributed by atoms with van der Waals surface area (Å²) in [6.07, 6.45) is 0.959. The molecule has 0 spiro atoms. The number of aryl methyl sites for hydroxylation is 1. The van der Waals surface area contributed by atoms with Crippen LogP contribution in [-0.2, 0) is 6.42 Å². The van der Waals surface area contributed by atoms with E-state index in [1.165, 1.54) is 5.56 Å². The Bertz CT molecular complexity index is 318. The standard InChI is InChI=1S/C11H15NO.C2H6/c1-4-9-5-6-10(8(2)12)7-11(9)13-3;1-2/h5-7H,2,4,12H2,1,3H3;1-2H3. The first kappa shape index (κ1) is 13.6. The van der Waals surface area contributed by atoms with Crippen LogP contribution in [0.3, 0.4) is 0 Å². The van der Waals surface area contributed by atoms with E-state index < -0.39 is 0 Å². The Labute approximate surface area is 92.8 Å². The number of ether oxygens (including phenoxy) is 1. The summed E-state index contributed by atoms with van der Waals surface area (Å²) in [6.45, 7) is 9.77. The van der Waals surface area contributed by atoms with Gasteiger partial charge >= 0.3 is 0 Å². The molecule has 15 heavy (non-hydrogen) atoms. The van der Waals surface area contributed by atoms with Crippen LogP contribution in [0.4, 0.5) is 0 Å². The van der Waals surface area contributed by atoms with E-state index in [0.29, 0.717) is 5.70 Å². The lowest BCUT2D eigenvalue weighted by Gasteiger charge is -2.08. The second-order valence-electron chi connectivity index (χ2n) is 2.91. The topological polar surface area (TPSA) is 35.2 Å². The maximum absolute atomic E-state index is 5.58. The van der Waals surface area contributed by atoms with Gasteiger partial charge in [0.25, 0.3) is 0 Å². The molecule has 0 unspecified atom stereocenters. The predicted octanol–water partition coefficient (Wildman–Crippen LogP) is 3.21. The molecule has 0 amide bonds. The lowest BCUT2D eigenvalue weighted by Crippen LogP contribution is -1.97. The Morgan fingerprint density at radius 3 is 2.40 bits per heavy atom. The molecule has 0 saturated carbocycles. The molecule has 0 heterocycles. The normalized spacial score (nSPS) is 8.80. The molecule has 84 valence electrons. The summed E-state index contributed by atoms with van der Waals surface area (Å²) in [5.41, 5.74) is 8.26. The van der Waals surface area contributed by atoms with E-state index in [4.69, 9.17) is 10.5 Å². The summed E-state index contributed by atoms with van der Waals surface area (Å²) in [5, 5.41) is 0. The van der Waals surface area contributed by atoms with Crippen molar-refractivity contribution in [3.8, 4) is 5.75 Å². The highest BCUT2D eigenvalue weighted by atomic mass is 16.5. The van der Waals surface area contributed by atoms with Crippen molar-refractivity contribution in [2.75, 3.05) is 7.11 Å². The highest BCUT2D eigenvalue weighted by Gasteiger charge is 2.02. The van der Waals surface area contributed by atoms with Crippen LogP contribution in [0.1, 0.15) is 31.9 Å². The highest BCUT2D eigenvalue weighted by molar-refractivity contribution is 5.62. The molecule has 0 fully saturated rings. The fourth-order valence-electron chi connectivity index (χ4n) is 1.24. The quantitative estimate of drug-likeness (QED) is 0.826. The molecule has 0 atom stereocenters. The van der Waals surface area contributed by atoms with E-state index >= 15 is 0 Å². The Hall–Kier alpha value is -1.44. The van der Waals surface area contributed by atoms with Gasteiger partial charge in [-0.05, 0) is 18.1 Å². The first-order valence-corrected chi connectivity index (χ1v) is 5.30. The Morgan fingerprint density at radius 1 is 1.40 bits per heavy atom. The summed E-state index contributed by atoms with van der Waals surface area (Å²) in [4.78, 5) is 0. The summed E-state index contributed by atoms with van der Waals surface area (Å²) >= 11 is 0. The van der Waals surface area contributed by atoms with Gasteiger partial charge < -0.3 is 10.5 Å². The molecule has 2 heteroatoms. The van der Waals surface area contributed by atoms with Crippen molar-refractivity contribution in [2.24, 2.45) is 5.73 Å². The summed E-state index contributed by atoms with van der Waals surface area (Å²) in [6, 6.07) is 5.90. The van der Waals surface area contributed by atoms with Gasteiger partial charge in [0.1, 0.15) is 5.75 Å². The van der Waals surface area contributed by atoms with Crippen molar-refractivity contribution < 1.29 is 4.74 Å². The van der Waals surface area contributed by atoms with Crippen molar-refractivity contribution in [1.29, 1.82) is 0 Å². The third kappa shape index (κ3) is 3.66.